The molecule has 3 aromatic rings. The number of fused-ring (bicyclic) bond motifs is 1. The van der Waals surface area contributed by atoms with Crippen molar-refractivity contribution in [2.45, 2.75) is 19.5 Å². The lowest BCUT2D eigenvalue weighted by atomic mass is 10.2. The molecule has 1 saturated heterocycles. The van der Waals surface area contributed by atoms with Gasteiger partial charge in [0, 0.05) is 26.2 Å². The largest absolute Gasteiger partial charge is 0.467 e. The molecule has 0 saturated carbocycles. The quantitative estimate of drug-likeness (QED) is 0.641. The van der Waals surface area contributed by atoms with Gasteiger partial charge in [-0.25, -0.2) is 14.6 Å². The van der Waals surface area contributed by atoms with Crippen LogP contribution in [0.4, 0.5) is 10.7 Å². The minimum atomic E-state index is -0.675. The maximum atomic E-state index is 12.5. The summed E-state index contributed by atoms with van der Waals surface area (Å²) >= 11 is 0. The first kappa shape index (κ1) is 20.7. The van der Waals surface area contributed by atoms with E-state index in [2.05, 4.69) is 37.7 Å². The van der Waals surface area contributed by atoms with Gasteiger partial charge in [-0.05, 0) is 24.6 Å². The molecule has 1 atom stereocenters. The van der Waals surface area contributed by atoms with Crippen molar-refractivity contribution in [2.75, 3.05) is 38.2 Å². The number of aromatic nitrogens is 2. The normalized spacial score (nSPS) is 15.0. The minimum Gasteiger partial charge on any atom is -0.467 e. The molecule has 0 radical (unpaired) electrons. The zero-order valence-electron chi connectivity index (χ0n) is 17.8. The summed E-state index contributed by atoms with van der Waals surface area (Å²) in [6.45, 7) is 4.78. The Morgan fingerprint density at radius 2 is 1.71 bits per heavy atom. The summed E-state index contributed by atoms with van der Waals surface area (Å²) in [5, 5.41) is 2.69. The SMILES string of the molecule is COC(=O)[C@H](C)NC(=O)N1CCN(c2nc3ccccc3n2Cc2ccccc2)CC1. The van der Waals surface area contributed by atoms with E-state index in [4.69, 9.17) is 4.98 Å². The Balaban J connectivity index is 1.49. The number of amides is 2. The number of anilines is 1. The third-order valence-corrected chi connectivity index (χ3v) is 5.56. The summed E-state index contributed by atoms with van der Waals surface area (Å²) < 4.78 is 6.91. The molecule has 0 bridgehead atoms. The Bertz CT molecular complexity index is 1060. The average Bonchev–Trinajstić information content (AvgIpc) is 3.17. The summed E-state index contributed by atoms with van der Waals surface area (Å²) in [5.41, 5.74) is 3.26. The smallest absolute Gasteiger partial charge is 0.328 e. The van der Waals surface area contributed by atoms with E-state index < -0.39 is 12.0 Å². The number of esters is 1. The number of imidazole rings is 1. The van der Waals surface area contributed by atoms with Crippen LogP contribution in [0.5, 0.6) is 0 Å². The molecule has 31 heavy (non-hydrogen) atoms. The minimum absolute atomic E-state index is 0.254. The zero-order chi connectivity index (χ0) is 21.8. The number of carbonyl (C=O) groups excluding carboxylic acids is 2. The molecule has 0 spiro atoms. The van der Waals surface area contributed by atoms with Crippen molar-refractivity contribution in [3.63, 3.8) is 0 Å². The van der Waals surface area contributed by atoms with Crippen LogP contribution in [0.1, 0.15) is 12.5 Å². The van der Waals surface area contributed by atoms with Gasteiger partial charge in [0.1, 0.15) is 6.04 Å². The number of piperazine rings is 1. The van der Waals surface area contributed by atoms with Crippen molar-refractivity contribution in [1.82, 2.24) is 19.8 Å². The molecule has 2 heterocycles. The van der Waals surface area contributed by atoms with E-state index in [9.17, 15) is 9.59 Å². The predicted molar refractivity (Wildman–Crippen MR) is 119 cm³/mol. The molecule has 1 aliphatic rings. The number of nitrogens with one attached hydrogen (secondary N) is 1. The van der Waals surface area contributed by atoms with E-state index >= 15 is 0 Å². The first-order chi connectivity index (χ1) is 15.1. The molecule has 1 aromatic heterocycles. The number of benzene rings is 2. The van der Waals surface area contributed by atoms with Gasteiger partial charge in [0.15, 0.2) is 0 Å². The summed E-state index contributed by atoms with van der Waals surface area (Å²) in [5.74, 6) is 0.453. The maximum absolute atomic E-state index is 12.5. The number of carbonyl (C=O) groups is 2. The number of nitrogens with zero attached hydrogens (tertiary/aromatic N) is 4. The van der Waals surface area contributed by atoms with Crippen LogP contribution in [-0.2, 0) is 16.1 Å². The first-order valence-electron chi connectivity index (χ1n) is 10.4. The Hall–Kier alpha value is -3.55. The van der Waals surface area contributed by atoms with Gasteiger partial charge in [0.2, 0.25) is 5.95 Å². The van der Waals surface area contributed by atoms with Crippen molar-refractivity contribution in [3.8, 4) is 0 Å². The molecule has 8 nitrogen and oxygen atoms in total. The summed E-state index contributed by atoms with van der Waals surface area (Å²) in [6.07, 6.45) is 0. The predicted octanol–water partition coefficient (Wildman–Crippen LogP) is 2.48. The summed E-state index contributed by atoms with van der Waals surface area (Å²) in [6, 6.07) is 17.5. The van der Waals surface area contributed by atoms with Gasteiger partial charge in [-0.3, -0.25) is 0 Å². The fourth-order valence-electron chi connectivity index (χ4n) is 3.85. The van der Waals surface area contributed by atoms with Crippen LogP contribution in [0.15, 0.2) is 54.6 Å². The molecule has 2 amide bonds. The highest BCUT2D eigenvalue weighted by Gasteiger charge is 2.26. The van der Waals surface area contributed by atoms with Crippen molar-refractivity contribution >= 4 is 29.0 Å². The molecule has 162 valence electrons. The zero-order valence-corrected chi connectivity index (χ0v) is 17.8. The maximum Gasteiger partial charge on any atom is 0.328 e. The topological polar surface area (TPSA) is 79.7 Å². The van der Waals surface area contributed by atoms with Gasteiger partial charge in [0.05, 0.1) is 24.7 Å². The molecule has 4 rings (SSSR count). The monoisotopic (exact) mass is 421 g/mol. The van der Waals surface area contributed by atoms with Gasteiger partial charge in [-0.15, -0.1) is 0 Å². The average molecular weight is 422 g/mol. The van der Waals surface area contributed by atoms with Crippen molar-refractivity contribution < 1.29 is 14.3 Å². The van der Waals surface area contributed by atoms with Gasteiger partial charge in [-0.2, -0.15) is 0 Å². The molecule has 1 N–H and O–H groups in total. The lowest BCUT2D eigenvalue weighted by molar-refractivity contribution is -0.142. The second kappa shape index (κ2) is 9.07. The second-order valence-electron chi connectivity index (χ2n) is 7.64. The Morgan fingerprint density at radius 3 is 2.42 bits per heavy atom. The van der Waals surface area contributed by atoms with E-state index in [0.29, 0.717) is 26.2 Å². The van der Waals surface area contributed by atoms with E-state index in [0.717, 1.165) is 23.5 Å². The molecule has 2 aromatic carbocycles. The Labute approximate surface area is 181 Å². The lowest BCUT2D eigenvalue weighted by Gasteiger charge is -2.35. The highest BCUT2D eigenvalue weighted by atomic mass is 16.5. The summed E-state index contributed by atoms with van der Waals surface area (Å²) in [7, 11) is 1.31. The third-order valence-electron chi connectivity index (χ3n) is 5.56. The molecule has 1 aliphatic heterocycles. The van der Waals surface area contributed by atoms with Gasteiger partial charge >= 0.3 is 12.0 Å². The van der Waals surface area contributed by atoms with Crippen molar-refractivity contribution in [1.29, 1.82) is 0 Å². The van der Waals surface area contributed by atoms with Crippen LogP contribution in [0.25, 0.3) is 11.0 Å². The number of hydrogen-bond acceptors (Lipinski definition) is 5. The number of ether oxygens (including phenoxy) is 1. The number of rotatable bonds is 5. The standard InChI is InChI=1S/C23H27N5O3/c1-17(21(29)31-2)24-23(30)27-14-12-26(13-15-27)22-25-19-10-6-7-11-20(19)28(22)16-18-8-4-3-5-9-18/h3-11,17H,12-16H2,1-2H3,(H,24,30)/t17-/m0/s1. The highest BCUT2D eigenvalue weighted by Crippen LogP contribution is 2.25. The van der Waals surface area contributed by atoms with E-state index in [-0.39, 0.29) is 6.03 Å². The molecule has 1 fully saturated rings. The van der Waals surface area contributed by atoms with Crippen molar-refractivity contribution in [3.05, 3.63) is 60.2 Å². The summed E-state index contributed by atoms with van der Waals surface area (Å²) in [4.78, 5) is 32.9. The number of urea groups is 1. The molecular weight excluding hydrogens is 394 g/mol. The van der Waals surface area contributed by atoms with Crippen LogP contribution >= 0.6 is 0 Å². The fraction of sp³-hybridized carbons (Fsp3) is 0.348. The highest BCUT2D eigenvalue weighted by molar-refractivity contribution is 5.83. The van der Waals surface area contributed by atoms with Gasteiger partial charge in [-0.1, -0.05) is 42.5 Å². The number of hydrogen-bond donors (Lipinski definition) is 1. The number of para-hydroxylation sites is 2. The Kier molecular flexibility index (Phi) is 6.06. The van der Waals surface area contributed by atoms with Crippen LogP contribution < -0.4 is 10.2 Å². The van der Waals surface area contributed by atoms with E-state index in [1.165, 1.54) is 12.7 Å². The third kappa shape index (κ3) is 4.47. The molecular formula is C23H27N5O3. The van der Waals surface area contributed by atoms with Crippen LogP contribution in [-0.4, -0.2) is 65.8 Å². The van der Waals surface area contributed by atoms with Crippen LogP contribution in [0.2, 0.25) is 0 Å². The fourth-order valence-corrected chi connectivity index (χ4v) is 3.85. The Morgan fingerprint density at radius 1 is 1.03 bits per heavy atom. The van der Waals surface area contributed by atoms with E-state index in [1.54, 1.807) is 11.8 Å². The van der Waals surface area contributed by atoms with Gasteiger partial charge in [0.25, 0.3) is 0 Å². The molecule has 8 heteroatoms. The van der Waals surface area contributed by atoms with Gasteiger partial charge < -0.3 is 24.4 Å². The van der Waals surface area contributed by atoms with Crippen molar-refractivity contribution in [2.24, 2.45) is 0 Å². The first-order valence-corrected chi connectivity index (χ1v) is 10.4. The number of methoxy groups -OCH3 is 1. The van der Waals surface area contributed by atoms with Crippen LogP contribution in [0, 0.1) is 0 Å². The molecule has 0 unspecified atom stereocenters. The second-order valence-corrected chi connectivity index (χ2v) is 7.64. The van der Waals surface area contributed by atoms with Crippen LogP contribution in [0.3, 0.4) is 0 Å². The molecule has 0 aliphatic carbocycles. The lowest BCUT2D eigenvalue weighted by Crippen LogP contribution is -2.54. The van der Waals surface area contributed by atoms with E-state index in [1.807, 2.05) is 36.4 Å².